The Morgan fingerprint density at radius 2 is 2.05 bits per heavy atom. The molecule has 0 aliphatic rings. The maximum Gasteiger partial charge on any atom is 0.105 e. The van der Waals surface area contributed by atoms with Crippen LogP contribution in [0.5, 0.6) is 0 Å². The van der Waals surface area contributed by atoms with Gasteiger partial charge in [-0.25, -0.2) is 9.97 Å². The molecule has 21 heavy (non-hydrogen) atoms. The topological polar surface area (TPSA) is 30.7 Å². The van der Waals surface area contributed by atoms with Crippen LogP contribution in [0.1, 0.15) is 12.7 Å². The van der Waals surface area contributed by atoms with Crippen LogP contribution in [0.25, 0.3) is 10.9 Å². The summed E-state index contributed by atoms with van der Waals surface area (Å²) in [7, 11) is 0. The van der Waals surface area contributed by atoms with Crippen molar-refractivity contribution in [3.63, 3.8) is 0 Å². The summed E-state index contributed by atoms with van der Waals surface area (Å²) < 4.78 is 2.21. The average Bonchev–Trinajstić information content (AvgIpc) is 2.90. The Labute approximate surface area is 129 Å². The molecule has 0 aliphatic heterocycles. The third kappa shape index (κ3) is 3.45. The second kappa shape index (κ2) is 6.31. The fourth-order valence-electron chi connectivity index (χ4n) is 2.34. The maximum atomic E-state index is 4.71. The van der Waals surface area contributed by atoms with Gasteiger partial charge in [0.15, 0.2) is 0 Å². The number of benzene rings is 1. The van der Waals surface area contributed by atoms with E-state index in [9.17, 15) is 0 Å². The summed E-state index contributed by atoms with van der Waals surface area (Å²) in [5, 5.41) is 2.30. The first kappa shape index (κ1) is 14.1. The SMILES string of the molecule is Cc1nccn1C[C@H](C)CSc1ccc2ccccc2n1. The van der Waals surface area contributed by atoms with Crippen LogP contribution in [0.3, 0.4) is 0 Å². The van der Waals surface area contributed by atoms with E-state index in [0.29, 0.717) is 5.92 Å². The summed E-state index contributed by atoms with van der Waals surface area (Å²) >= 11 is 1.83. The van der Waals surface area contributed by atoms with Crippen LogP contribution >= 0.6 is 11.8 Å². The van der Waals surface area contributed by atoms with Gasteiger partial charge in [0.25, 0.3) is 0 Å². The highest BCUT2D eigenvalue weighted by molar-refractivity contribution is 7.99. The lowest BCUT2D eigenvalue weighted by atomic mass is 10.2. The van der Waals surface area contributed by atoms with Gasteiger partial charge >= 0.3 is 0 Å². The molecule has 0 radical (unpaired) electrons. The van der Waals surface area contributed by atoms with Crippen LogP contribution in [-0.4, -0.2) is 20.3 Å². The Morgan fingerprint density at radius 3 is 2.86 bits per heavy atom. The highest BCUT2D eigenvalue weighted by atomic mass is 32.2. The lowest BCUT2D eigenvalue weighted by Gasteiger charge is -2.13. The molecule has 0 saturated carbocycles. The number of hydrogen-bond acceptors (Lipinski definition) is 3. The molecule has 1 atom stereocenters. The Bertz CT molecular complexity index is 735. The van der Waals surface area contributed by atoms with E-state index in [1.807, 2.05) is 43.2 Å². The van der Waals surface area contributed by atoms with Gasteiger partial charge in [0.2, 0.25) is 0 Å². The van der Waals surface area contributed by atoms with Crippen LogP contribution < -0.4 is 0 Å². The van der Waals surface area contributed by atoms with Crippen molar-refractivity contribution >= 4 is 22.7 Å². The molecular weight excluding hydrogens is 278 g/mol. The van der Waals surface area contributed by atoms with Gasteiger partial charge in [-0.15, -0.1) is 11.8 Å². The van der Waals surface area contributed by atoms with Crippen molar-refractivity contribution in [1.29, 1.82) is 0 Å². The van der Waals surface area contributed by atoms with E-state index in [0.717, 1.165) is 28.7 Å². The van der Waals surface area contributed by atoms with E-state index >= 15 is 0 Å². The minimum atomic E-state index is 0.580. The number of para-hydroxylation sites is 1. The van der Waals surface area contributed by atoms with Gasteiger partial charge in [-0.05, 0) is 25.0 Å². The third-order valence-corrected chi connectivity index (χ3v) is 4.78. The molecule has 0 fully saturated rings. The number of aryl methyl sites for hydroxylation is 1. The predicted octanol–water partition coefficient (Wildman–Crippen LogP) is 4.17. The molecule has 0 N–H and O–H groups in total. The van der Waals surface area contributed by atoms with Gasteiger partial charge in [0.05, 0.1) is 10.5 Å². The zero-order chi connectivity index (χ0) is 14.7. The molecule has 0 amide bonds. The highest BCUT2D eigenvalue weighted by Crippen LogP contribution is 2.22. The summed E-state index contributed by atoms with van der Waals surface area (Å²) in [6.45, 7) is 5.32. The van der Waals surface area contributed by atoms with Crippen LogP contribution in [0, 0.1) is 12.8 Å². The van der Waals surface area contributed by atoms with Crippen LogP contribution in [-0.2, 0) is 6.54 Å². The van der Waals surface area contributed by atoms with Crippen molar-refractivity contribution in [1.82, 2.24) is 14.5 Å². The van der Waals surface area contributed by atoms with Gasteiger partial charge in [-0.1, -0.05) is 31.2 Å². The zero-order valence-corrected chi connectivity index (χ0v) is 13.2. The van der Waals surface area contributed by atoms with E-state index in [4.69, 9.17) is 4.98 Å². The minimum Gasteiger partial charge on any atom is -0.335 e. The van der Waals surface area contributed by atoms with E-state index in [2.05, 4.69) is 40.7 Å². The number of imidazole rings is 1. The lowest BCUT2D eigenvalue weighted by Crippen LogP contribution is -2.10. The van der Waals surface area contributed by atoms with Crippen molar-refractivity contribution in [2.75, 3.05) is 5.75 Å². The fraction of sp³-hybridized carbons (Fsp3) is 0.294. The molecular formula is C17H19N3S. The Kier molecular flexibility index (Phi) is 4.25. The molecule has 2 heterocycles. The second-order valence-corrected chi connectivity index (χ2v) is 6.43. The van der Waals surface area contributed by atoms with Gasteiger partial charge in [-0.2, -0.15) is 0 Å². The normalized spacial score (nSPS) is 12.7. The molecule has 2 aromatic heterocycles. The van der Waals surface area contributed by atoms with Gasteiger partial charge in [0, 0.05) is 30.1 Å². The molecule has 1 aromatic carbocycles. The van der Waals surface area contributed by atoms with Crippen LogP contribution in [0.2, 0.25) is 0 Å². The molecule has 108 valence electrons. The molecule has 3 nitrogen and oxygen atoms in total. The van der Waals surface area contributed by atoms with Crippen molar-refractivity contribution in [2.45, 2.75) is 25.4 Å². The molecule has 0 unspecified atom stereocenters. The first-order chi connectivity index (χ1) is 10.2. The number of aromatic nitrogens is 3. The number of fused-ring (bicyclic) bond motifs is 1. The molecule has 4 heteroatoms. The average molecular weight is 297 g/mol. The number of rotatable bonds is 5. The molecule has 0 aliphatic carbocycles. The molecule has 3 rings (SSSR count). The summed E-state index contributed by atoms with van der Waals surface area (Å²) in [6.07, 6.45) is 3.91. The summed E-state index contributed by atoms with van der Waals surface area (Å²) in [6, 6.07) is 12.5. The van der Waals surface area contributed by atoms with Crippen molar-refractivity contribution in [3.8, 4) is 0 Å². The minimum absolute atomic E-state index is 0.580. The van der Waals surface area contributed by atoms with Gasteiger partial charge in [-0.3, -0.25) is 0 Å². The largest absolute Gasteiger partial charge is 0.335 e. The summed E-state index contributed by atoms with van der Waals surface area (Å²) in [5.41, 5.74) is 1.07. The van der Waals surface area contributed by atoms with Crippen molar-refractivity contribution < 1.29 is 0 Å². The van der Waals surface area contributed by atoms with E-state index in [1.54, 1.807) is 0 Å². The van der Waals surface area contributed by atoms with E-state index in [1.165, 1.54) is 5.39 Å². The highest BCUT2D eigenvalue weighted by Gasteiger charge is 2.07. The summed E-state index contributed by atoms with van der Waals surface area (Å²) in [5.74, 6) is 2.72. The third-order valence-electron chi connectivity index (χ3n) is 3.52. The second-order valence-electron chi connectivity index (χ2n) is 5.39. The number of nitrogens with zero attached hydrogens (tertiary/aromatic N) is 3. The number of thioether (sulfide) groups is 1. The predicted molar refractivity (Wildman–Crippen MR) is 88.6 cm³/mol. The van der Waals surface area contributed by atoms with E-state index < -0.39 is 0 Å². The number of hydrogen-bond donors (Lipinski definition) is 0. The number of pyridine rings is 1. The fourth-order valence-corrected chi connectivity index (χ4v) is 3.23. The quantitative estimate of drug-likeness (QED) is 0.662. The standard InChI is InChI=1S/C17H19N3S/c1-13(11-20-10-9-18-14(20)2)12-21-17-8-7-15-5-3-4-6-16(15)19-17/h3-10,13H,11-12H2,1-2H3/t13-/m0/s1. The maximum absolute atomic E-state index is 4.71. The van der Waals surface area contributed by atoms with Crippen molar-refractivity contribution in [2.24, 2.45) is 5.92 Å². The first-order valence-corrected chi connectivity index (χ1v) is 8.17. The van der Waals surface area contributed by atoms with Crippen LogP contribution in [0.4, 0.5) is 0 Å². The smallest absolute Gasteiger partial charge is 0.105 e. The van der Waals surface area contributed by atoms with Gasteiger partial charge in [0.1, 0.15) is 5.82 Å². The first-order valence-electron chi connectivity index (χ1n) is 7.19. The summed E-state index contributed by atoms with van der Waals surface area (Å²) in [4.78, 5) is 8.97. The Balaban J connectivity index is 1.62. The lowest BCUT2D eigenvalue weighted by molar-refractivity contribution is 0.521. The van der Waals surface area contributed by atoms with Crippen LogP contribution in [0.15, 0.2) is 53.8 Å². The molecule has 0 spiro atoms. The van der Waals surface area contributed by atoms with Gasteiger partial charge < -0.3 is 4.57 Å². The molecule has 3 aromatic rings. The Morgan fingerprint density at radius 1 is 1.19 bits per heavy atom. The van der Waals surface area contributed by atoms with Crippen molar-refractivity contribution in [3.05, 3.63) is 54.6 Å². The van der Waals surface area contributed by atoms with E-state index in [-0.39, 0.29) is 0 Å². The zero-order valence-electron chi connectivity index (χ0n) is 12.4. The Hall–Kier alpha value is -1.81. The molecule has 0 bridgehead atoms. The molecule has 0 saturated heterocycles. The monoisotopic (exact) mass is 297 g/mol.